The molecule has 29 heavy (non-hydrogen) atoms. The van der Waals surface area contributed by atoms with E-state index in [-0.39, 0.29) is 17.3 Å². The fourth-order valence-electron chi connectivity index (χ4n) is 3.75. The highest BCUT2D eigenvalue weighted by Gasteiger charge is 2.22. The molecule has 0 bridgehead atoms. The number of hydrogen-bond donors (Lipinski definition) is 3. The van der Waals surface area contributed by atoms with Gasteiger partial charge < -0.3 is 15.3 Å². The standard InChI is InChI=1S/C20H23FN6O2/c1-13(28)26-8-4-5-14(12-26)10-22-19-9-16(15-6-2-3-7-18(15)29)24-20-17(25-21)11-23-27(19)20/h2-3,6-7,9,11,14,22,25,29H,4-5,8,10,12H2,1H3. The van der Waals surface area contributed by atoms with Gasteiger partial charge in [-0.25, -0.2) is 10.5 Å². The lowest BCUT2D eigenvalue weighted by Gasteiger charge is -2.32. The van der Waals surface area contributed by atoms with Crippen LogP contribution in [0.25, 0.3) is 16.9 Å². The first-order chi connectivity index (χ1) is 14.1. The van der Waals surface area contributed by atoms with Crippen molar-refractivity contribution >= 4 is 23.1 Å². The number of para-hydroxylation sites is 1. The van der Waals surface area contributed by atoms with E-state index in [1.165, 1.54) is 10.7 Å². The number of benzene rings is 1. The number of piperidine rings is 1. The molecule has 1 aliphatic heterocycles. The molecule has 1 saturated heterocycles. The smallest absolute Gasteiger partial charge is 0.219 e. The number of amides is 1. The zero-order valence-electron chi connectivity index (χ0n) is 16.1. The number of hydrogen-bond acceptors (Lipinski definition) is 6. The van der Waals surface area contributed by atoms with Crippen LogP contribution in [0.1, 0.15) is 19.8 Å². The van der Waals surface area contributed by atoms with Gasteiger partial charge in [0.15, 0.2) is 5.65 Å². The molecular weight excluding hydrogens is 375 g/mol. The summed E-state index contributed by atoms with van der Waals surface area (Å²) in [7, 11) is 0. The largest absolute Gasteiger partial charge is 0.507 e. The third kappa shape index (κ3) is 3.80. The molecule has 4 rings (SSSR count). The number of aromatic nitrogens is 3. The summed E-state index contributed by atoms with van der Waals surface area (Å²) in [5, 5.41) is 17.8. The lowest BCUT2D eigenvalue weighted by atomic mass is 9.98. The van der Waals surface area contributed by atoms with Gasteiger partial charge in [-0.3, -0.25) is 4.79 Å². The molecule has 3 heterocycles. The maximum absolute atomic E-state index is 13.2. The summed E-state index contributed by atoms with van der Waals surface area (Å²) in [4.78, 5) is 18.0. The van der Waals surface area contributed by atoms with Crippen LogP contribution in [0, 0.1) is 5.92 Å². The first-order valence-electron chi connectivity index (χ1n) is 9.60. The number of aromatic hydroxyl groups is 1. The highest BCUT2D eigenvalue weighted by molar-refractivity contribution is 5.76. The monoisotopic (exact) mass is 398 g/mol. The molecule has 8 nitrogen and oxygen atoms in total. The first kappa shape index (κ1) is 19.0. The average Bonchev–Trinajstić information content (AvgIpc) is 3.15. The summed E-state index contributed by atoms with van der Waals surface area (Å²) >= 11 is 0. The number of phenolic OH excluding ortho intramolecular Hbond substituents is 1. The maximum Gasteiger partial charge on any atom is 0.219 e. The van der Waals surface area contributed by atoms with E-state index in [9.17, 15) is 14.4 Å². The quantitative estimate of drug-likeness (QED) is 0.572. The minimum Gasteiger partial charge on any atom is -0.507 e. The Morgan fingerprint density at radius 3 is 2.97 bits per heavy atom. The average molecular weight is 398 g/mol. The Hall–Kier alpha value is -3.36. The maximum atomic E-state index is 13.2. The Bertz CT molecular complexity index is 1040. The van der Waals surface area contributed by atoms with Crippen molar-refractivity contribution < 1.29 is 14.4 Å². The number of rotatable bonds is 5. The van der Waals surface area contributed by atoms with Crippen LogP contribution in [0.3, 0.4) is 0 Å². The first-order valence-corrected chi connectivity index (χ1v) is 9.60. The molecule has 0 aliphatic carbocycles. The fraction of sp³-hybridized carbons (Fsp3) is 0.350. The molecule has 1 aliphatic rings. The molecule has 1 atom stereocenters. The van der Waals surface area contributed by atoms with Gasteiger partial charge in [-0.2, -0.15) is 9.61 Å². The van der Waals surface area contributed by atoms with E-state index >= 15 is 0 Å². The Morgan fingerprint density at radius 2 is 2.21 bits per heavy atom. The van der Waals surface area contributed by atoms with E-state index < -0.39 is 0 Å². The second-order valence-electron chi connectivity index (χ2n) is 7.29. The van der Waals surface area contributed by atoms with Gasteiger partial charge in [0.25, 0.3) is 0 Å². The summed E-state index contributed by atoms with van der Waals surface area (Å²) in [5.74, 6) is 1.12. The number of fused-ring (bicyclic) bond motifs is 1. The zero-order valence-corrected chi connectivity index (χ0v) is 16.1. The molecule has 0 saturated carbocycles. The molecule has 1 unspecified atom stereocenters. The molecule has 3 aromatic rings. The summed E-state index contributed by atoms with van der Waals surface area (Å²) in [6, 6.07) is 8.65. The number of phenols is 1. The van der Waals surface area contributed by atoms with Crippen LogP contribution in [0.15, 0.2) is 36.5 Å². The van der Waals surface area contributed by atoms with Gasteiger partial charge >= 0.3 is 0 Å². The van der Waals surface area contributed by atoms with Gasteiger partial charge in [-0.05, 0) is 30.9 Å². The summed E-state index contributed by atoms with van der Waals surface area (Å²) in [6.07, 6.45) is 3.35. The van der Waals surface area contributed by atoms with Crippen LogP contribution < -0.4 is 10.9 Å². The summed E-state index contributed by atoms with van der Waals surface area (Å²) in [5.41, 5.74) is 3.12. The van der Waals surface area contributed by atoms with Crippen molar-refractivity contribution in [1.82, 2.24) is 19.5 Å². The van der Waals surface area contributed by atoms with E-state index in [0.29, 0.717) is 41.7 Å². The number of halogens is 1. The number of carbonyl (C=O) groups excluding carboxylic acids is 1. The summed E-state index contributed by atoms with van der Waals surface area (Å²) in [6.45, 7) is 3.74. The normalized spacial score (nSPS) is 16.8. The lowest BCUT2D eigenvalue weighted by molar-refractivity contribution is -0.130. The Kier molecular flexibility index (Phi) is 5.20. The second kappa shape index (κ2) is 7.94. The van der Waals surface area contributed by atoms with E-state index in [0.717, 1.165) is 19.4 Å². The molecule has 152 valence electrons. The van der Waals surface area contributed by atoms with E-state index in [1.807, 2.05) is 4.90 Å². The molecule has 0 radical (unpaired) electrons. The van der Waals surface area contributed by atoms with Gasteiger partial charge in [0.05, 0.1) is 11.9 Å². The van der Waals surface area contributed by atoms with Crippen molar-refractivity contribution in [2.24, 2.45) is 5.92 Å². The van der Waals surface area contributed by atoms with Gasteiger partial charge in [0.1, 0.15) is 17.3 Å². The molecule has 9 heteroatoms. The minimum atomic E-state index is 0.0913. The predicted molar refractivity (Wildman–Crippen MR) is 108 cm³/mol. The Balaban J connectivity index is 1.65. The molecule has 2 aromatic heterocycles. The molecule has 0 spiro atoms. The molecular formula is C20H23FN6O2. The minimum absolute atomic E-state index is 0.0913. The van der Waals surface area contributed by atoms with Gasteiger partial charge in [0.2, 0.25) is 5.91 Å². The van der Waals surface area contributed by atoms with Crippen molar-refractivity contribution in [2.75, 3.05) is 30.5 Å². The Labute approximate surface area is 167 Å². The third-order valence-electron chi connectivity index (χ3n) is 5.29. The van der Waals surface area contributed by atoms with Crippen molar-refractivity contribution in [3.05, 3.63) is 36.5 Å². The van der Waals surface area contributed by atoms with Crippen molar-refractivity contribution in [1.29, 1.82) is 0 Å². The van der Waals surface area contributed by atoms with E-state index in [2.05, 4.69) is 15.4 Å². The number of nitrogens with zero attached hydrogens (tertiary/aromatic N) is 4. The third-order valence-corrected chi connectivity index (χ3v) is 5.29. The zero-order chi connectivity index (χ0) is 20.4. The number of anilines is 2. The van der Waals surface area contributed by atoms with Crippen LogP contribution in [-0.4, -0.2) is 50.1 Å². The number of nitrogens with one attached hydrogen (secondary N) is 2. The molecule has 1 fully saturated rings. The number of carbonyl (C=O) groups is 1. The van der Waals surface area contributed by atoms with E-state index in [4.69, 9.17) is 0 Å². The van der Waals surface area contributed by atoms with Crippen LogP contribution >= 0.6 is 0 Å². The van der Waals surface area contributed by atoms with Crippen molar-refractivity contribution in [2.45, 2.75) is 19.8 Å². The van der Waals surface area contributed by atoms with E-state index in [1.54, 1.807) is 42.8 Å². The number of likely N-dealkylation sites (tertiary alicyclic amines) is 1. The van der Waals surface area contributed by atoms with Crippen LogP contribution in [-0.2, 0) is 4.79 Å². The topological polar surface area (TPSA) is 94.8 Å². The van der Waals surface area contributed by atoms with Crippen molar-refractivity contribution in [3.8, 4) is 17.0 Å². The van der Waals surface area contributed by atoms with Crippen LogP contribution in [0.5, 0.6) is 5.75 Å². The highest BCUT2D eigenvalue weighted by atomic mass is 19.2. The molecule has 1 aromatic carbocycles. The fourth-order valence-corrected chi connectivity index (χ4v) is 3.75. The second-order valence-corrected chi connectivity index (χ2v) is 7.29. The summed E-state index contributed by atoms with van der Waals surface area (Å²) < 4.78 is 14.7. The van der Waals surface area contributed by atoms with Crippen LogP contribution in [0.4, 0.5) is 16.0 Å². The predicted octanol–water partition coefficient (Wildman–Crippen LogP) is 3.07. The molecule has 1 amide bonds. The highest BCUT2D eigenvalue weighted by Crippen LogP contribution is 2.31. The van der Waals surface area contributed by atoms with Gasteiger partial charge in [-0.1, -0.05) is 12.1 Å². The Morgan fingerprint density at radius 1 is 1.38 bits per heavy atom. The lowest BCUT2D eigenvalue weighted by Crippen LogP contribution is -2.40. The van der Waals surface area contributed by atoms with Gasteiger partial charge in [0, 0.05) is 38.2 Å². The van der Waals surface area contributed by atoms with Crippen molar-refractivity contribution in [3.63, 3.8) is 0 Å². The van der Waals surface area contributed by atoms with Crippen LogP contribution in [0.2, 0.25) is 0 Å². The SMILES string of the molecule is CC(=O)N1CCCC(CNc2cc(-c3ccccc3O)nc3c(NF)cnn23)C1. The molecule has 3 N–H and O–H groups in total. The van der Waals surface area contributed by atoms with Gasteiger partial charge in [-0.15, -0.1) is 4.48 Å².